The second-order valence-electron chi connectivity index (χ2n) is 4.40. The highest BCUT2D eigenvalue weighted by Gasteiger charge is 1.98. The highest BCUT2D eigenvalue weighted by molar-refractivity contribution is 5.91. The number of carbonyl (C=O) groups is 1. The van der Waals surface area contributed by atoms with Gasteiger partial charge in [-0.2, -0.15) is 0 Å². The van der Waals surface area contributed by atoms with Gasteiger partial charge in [0.1, 0.15) is 0 Å². The van der Waals surface area contributed by atoms with Gasteiger partial charge in [0.05, 0.1) is 11.4 Å². The van der Waals surface area contributed by atoms with Gasteiger partial charge in [0, 0.05) is 12.3 Å². The molecule has 5 heteroatoms. The Morgan fingerprint density at radius 3 is 2.90 bits per heavy atom. The molecule has 0 bridgehead atoms. The van der Waals surface area contributed by atoms with Gasteiger partial charge in [0.2, 0.25) is 0 Å². The number of carbonyl (C=O) groups excluding carboxylic acids is 1. The van der Waals surface area contributed by atoms with Gasteiger partial charge >= 0.3 is 0 Å². The van der Waals surface area contributed by atoms with Gasteiger partial charge < -0.3 is 5.73 Å². The van der Waals surface area contributed by atoms with Crippen LogP contribution in [0.2, 0.25) is 0 Å². The Bertz CT molecular complexity index is 548. The monoisotopic (exact) mass is 287 g/mol. The summed E-state index contributed by atoms with van der Waals surface area (Å²) in [7, 11) is 0. The number of anilines is 1. The summed E-state index contributed by atoms with van der Waals surface area (Å²) >= 11 is 0. The van der Waals surface area contributed by atoms with Crippen molar-refractivity contribution in [1.29, 1.82) is 0 Å². The molecular weight excluding hydrogens is 266 g/mol. The standard InChI is InChI=1S/C16H21N3O2/c1-2-3-4-5-6-11-18-15-12-13(7-9-14(15)17)8-10-16(20)19-21/h3-4,7-12,21H,2,5-6,17H2,1H3,(H,19,20)/b4-3-,10-8+,18-11?. The molecule has 0 spiro atoms. The van der Waals surface area contributed by atoms with Gasteiger partial charge in [-0.15, -0.1) is 0 Å². The SMILES string of the molecule is CC/C=C\CCC=Nc1cc(/C=C/C(=O)NO)ccc1N. The third kappa shape index (κ3) is 6.54. The number of hydroxylamine groups is 1. The normalized spacial score (nSPS) is 11.7. The van der Waals surface area contributed by atoms with Crippen LogP contribution in [0.15, 0.2) is 41.4 Å². The summed E-state index contributed by atoms with van der Waals surface area (Å²) in [6.45, 7) is 2.10. The van der Waals surface area contributed by atoms with Crippen LogP contribution in [0.3, 0.4) is 0 Å². The van der Waals surface area contributed by atoms with Crippen molar-refractivity contribution in [3.05, 3.63) is 42.0 Å². The van der Waals surface area contributed by atoms with Gasteiger partial charge in [-0.1, -0.05) is 25.1 Å². The predicted molar refractivity (Wildman–Crippen MR) is 86.6 cm³/mol. The second-order valence-corrected chi connectivity index (χ2v) is 4.40. The lowest BCUT2D eigenvalue weighted by molar-refractivity contribution is -0.124. The molecule has 1 aromatic rings. The number of nitrogen functional groups attached to an aromatic ring is 1. The number of rotatable bonds is 7. The van der Waals surface area contributed by atoms with Crippen LogP contribution in [0.25, 0.3) is 6.08 Å². The summed E-state index contributed by atoms with van der Waals surface area (Å²) in [4.78, 5) is 15.3. The molecule has 0 aromatic heterocycles. The second kappa shape index (κ2) is 9.50. The molecule has 0 unspecified atom stereocenters. The summed E-state index contributed by atoms with van der Waals surface area (Å²) in [5.74, 6) is -0.584. The van der Waals surface area contributed by atoms with Gasteiger partial charge in [-0.25, -0.2) is 5.48 Å². The van der Waals surface area contributed by atoms with E-state index in [9.17, 15) is 4.79 Å². The number of aliphatic imine (C=N–C) groups is 1. The number of nitrogens with two attached hydrogens (primary N) is 1. The van der Waals surface area contributed by atoms with E-state index in [-0.39, 0.29) is 0 Å². The molecule has 0 fully saturated rings. The molecule has 0 heterocycles. The van der Waals surface area contributed by atoms with Crippen molar-refractivity contribution in [1.82, 2.24) is 5.48 Å². The summed E-state index contributed by atoms with van der Waals surface area (Å²) in [5.41, 5.74) is 9.43. The Labute approximate surface area is 124 Å². The van der Waals surface area contributed by atoms with Gasteiger partial charge in [-0.3, -0.25) is 15.0 Å². The molecule has 0 aliphatic carbocycles. The number of nitrogens with one attached hydrogen (secondary N) is 1. The minimum Gasteiger partial charge on any atom is -0.397 e. The fourth-order valence-electron chi connectivity index (χ4n) is 1.60. The third-order valence-corrected chi connectivity index (χ3v) is 2.69. The quantitative estimate of drug-likeness (QED) is 0.137. The van der Waals surface area contributed by atoms with Crippen LogP contribution >= 0.6 is 0 Å². The zero-order valence-electron chi connectivity index (χ0n) is 12.1. The largest absolute Gasteiger partial charge is 0.397 e. The number of hydrogen-bond donors (Lipinski definition) is 3. The Morgan fingerprint density at radius 2 is 2.19 bits per heavy atom. The van der Waals surface area contributed by atoms with E-state index >= 15 is 0 Å². The molecule has 1 rings (SSSR count). The molecule has 0 saturated heterocycles. The fourth-order valence-corrected chi connectivity index (χ4v) is 1.60. The maximum atomic E-state index is 10.9. The van der Waals surface area contributed by atoms with E-state index in [1.54, 1.807) is 24.3 Å². The topological polar surface area (TPSA) is 87.7 Å². The first-order chi connectivity index (χ1) is 10.2. The summed E-state index contributed by atoms with van der Waals surface area (Å²) in [5, 5.41) is 8.42. The minimum absolute atomic E-state index is 0.583. The highest BCUT2D eigenvalue weighted by Crippen LogP contribution is 2.23. The molecule has 4 N–H and O–H groups in total. The average Bonchev–Trinajstić information content (AvgIpc) is 2.50. The van der Waals surface area contributed by atoms with Crippen molar-refractivity contribution in [3.63, 3.8) is 0 Å². The molecule has 1 amide bonds. The summed E-state index contributed by atoms with van der Waals surface area (Å²) in [6.07, 6.45) is 11.7. The van der Waals surface area contributed by atoms with E-state index in [2.05, 4.69) is 24.1 Å². The Kier molecular flexibility index (Phi) is 7.53. The number of benzene rings is 1. The van der Waals surface area contributed by atoms with E-state index in [1.807, 2.05) is 6.21 Å². The van der Waals surface area contributed by atoms with E-state index in [0.717, 1.165) is 24.8 Å². The van der Waals surface area contributed by atoms with Crippen LogP contribution in [-0.2, 0) is 4.79 Å². The van der Waals surface area contributed by atoms with Crippen LogP contribution in [0.5, 0.6) is 0 Å². The Hall–Kier alpha value is -2.40. The van der Waals surface area contributed by atoms with Crippen molar-refractivity contribution < 1.29 is 10.0 Å². The molecular formula is C16H21N3O2. The zero-order chi connectivity index (χ0) is 15.5. The van der Waals surface area contributed by atoms with Gasteiger partial charge in [-0.05, 0) is 43.0 Å². The number of amides is 1. The average molecular weight is 287 g/mol. The predicted octanol–water partition coefficient (Wildman–Crippen LogP) is 3.24. The Morgan fingerprint density at radius 1 is 1.38 bits per heavy atom. The third-order valence-electron chi connectivity index (χ3n) is 2.69. The summed E-state index contributed by atoms with van der Waals surface area (Å²) in [6, 6.07) is 5.30. The fraction of sp³-hybridized carbons (Fsp3) is 0.250. The lowest BCUT2D eigenvalue weighted by atomic mass is 10.1. The van der Waals surface area contributed by atoms with Crippen molar-refractivity contribution in [2.45, 2.75) is 26.2 Å². The van der Waals surface area contributed by atoms with Crippen molar-refractivity contribution in [2.24, 2.45) is 4.99 Å². The molecule has 5 nitrogen and oxygen atoms in total. The number of unbranched alkanes of at least 4 members (excludes halogenated alkanes) is 1. The molecule has 112 valence electrons. The first-order valence-corrected chi connectivity index (χ1v) is 6.86. The molecule has 0 radical (unpaired) electrons. The zero-order valence-corrected chi connectivity index (χ0v) is 12.1. The van der Waals surface area contributed by atoms with E-state index in [1.165, 1.54) is 11.6 Å². The molecule has 21 heavy (non-hydrogen) atoms. The smallest absolute Gasteiger partial charge is 0.267 e. The summed E-state index contributed by atoms with van der Waals surface area (Å²) < 4.78 is 0. The van der Waals surface area contributed by atoms with E-state index in [4.69, 9.17) is 10.9 Å². The van der Waals surface area contributed by atoms with Crippen LogP contribution in [0.1, 0.15) is 31.7 Å². The van der Waals surface area contributed by atoms with Crippen molar-refractivity contribution in [2.75, 3.05) is 5.73 Å². The van der Waals surface area contributed by atoms with E-state index in [0.29, 0.717) is 11.4 Å². The van der Waals surface area contributed by atoms with E-state index < -0.39 is 5.91 Å². The lowest BCUT2D eigenvalue weighted by Gasteiger charge is -2.01. The van der Waals surface area contributed by atoms with Crippen molar-refractivity contribution >= 4 is 29.6 Å². The molecule has 0 aliphatic rings. The van der Waals surface area contributed by atoms with Crippen LogP contribution in [0, 0.1) is 0 Å². The minimum atomic E-state index is -0.584. The number of nitrogens with zero attached hydrogens (tertiary/aromatic N) is 1. The Balaban J connectivity index is 2.69. The van der Waals surface area contributed by atoms with Gasteiger partial charge in [0.25, 0.3) is 5.91 Å². The molecule has 1 aromatic carbocycles. The number of hydrogen-bond acceptors (Lipinski definition) is 4. The molecule has 0 saturated carbocycles. The lowest BCUT2D eigenvalue weighted by Crippen LogP contribution is -2.14. The molecule has 0 atom stereocenters. The first-order valence-electron chi connectivity index (χ1n) is 6.86. The maximum absolute atomic E-state index is 10.9. The number of allylic oxidation sites excluding steroid dienone is 2. The van der Waals surface area contributed by atoms with Crippen LogP contribution in [-0.4, -0.2) is 17.3 Å². The van der Waals surface area contributed by atoms with Crippen molar-refractivity contribution in [3.8, 4) is 0 Å². The van der Waals surface area contributed by atoms with Crippen LogP contribution in [0.4, 0.5) is 11.4 Å². The van der Waals surface area contributed by atoms with Crippen LogP contribution < -0.4 is 11.2 Å². The highest BCUT2D eigenvalue weighted by atomic mass is 16.5. The maximum Gasteiger partial charge on any atom is 0.267 e. The van der Waals surface area contributed by atoms with Gasteiger partial charge in [0.15, 0.2) is 0 Å². The first kappa shape index (κ1) is 16.7. The molecule has 0 aliphatic heterocycles.